The van der Waals surface area contributed by atoms with Gasteiger partial charge >= 0.3 is 0 Å². The Morgan fingerprint density at radius 1 is 1.47 bits per heavy atom. The Morgan fingerprint density at radius 3 is 2.93 bits per heavy atom. The van der Waals surface area contributed by atoms with Crippen LogP contribution in [-0.2, 0) is 4.79 Å². The molecule has 1 unspecified atom stereocenters. The Morgan fingerprint density at radius 2 is 2.27 bits per heavy atom. The summed E-state index contributed by atoms with van der Waals surface area (Å²) in [6.07, 6.45) is 6.41. The summed E-state index contributed by atoms with van der Waals surface area (Å²) in [5, 5.41) is 0. The Bertz CT molecular complexity index is 196. The van der Waals surface area contributed by atoms with E-state index >= 15 is 0 Å². The summed E-state index contributed by atoms with van der Waals surface area (Å²) in [4.78, 5) is 13.8. The van der Waals surface area contributed by atoms with Crippen LogP contribution in [0.4, 0.5) is 0 Å². The van der Waals surface area contributed by atoms with Crippen LogP contribution in [0, 0.1) is 5.92 Å². The monoisotopic (exact) mass is 231 g/mol. The molecule has 0 radical (unpaired) electrons. The highest BCUT2D eigenvalue weighted by molar-refractivity contribution is 6.18. The molecule has 3 heteroatoms. The molecule has 1 atom stereocenters. The fourth-order valence-electron chi connectivity index (χ4n) is 2.10. The van der Waals surface area contributed by atoms with Crippen LogP contribution >= 0.6 is 11.6 Å². The molecule has 0 bridgehead atoms. The van der Waals surface area contributed by atoms with Gasteiger partial charge in [0.25, 0.3) is 0 Å². The highest BCUT2D eigenvalue weighted by Gasteiger charge is 2.22. The lowest BCUT2D eigenvalue weighted by molar-refractivity contribution is -0.132. The van der Waals surface area contributed by atoms with E-state index in [0.717, 1.165) is 32.4 Å². The second-order valence-electron chi connectivity index (χ2n) is 4.46. The van der Waals surface area contributed by atoms with Gasteiger partial charge in [0.05, 0.1) is 0 Å². The van der Waals surface area contributed by atoms with Gasteiger partial charge in [-0.3, -0.25) is 4.79 Å². The van der Waals surface area contributed by atoms with Gasteiger partial charge in [-0.05, 0) is 25.2 Å². The number of carbonyl (C=O) groups is 1. The number of amides is 1. The van der Waals surface area contributed by atoms with Crippen molar-refractivity contribution >= 4 is 17.5 Å². The quantitative estimate of drug-likeness (QED) is 0.526. The second kappa shape index (κ2) is 7.10. The van der Waals surface area contributed by atoms with E-state index in [2.05, 4.69) is 6.92 Å². The minimum atomic E-state index is 0.332. The molecule has 0 saturated carbocycles. The summed E-state index contributed by atoms with van der Waals surface area (Å²) in [5.41, 5.74) is 0. The van der Waals surface area contributed by atoms with E-state index in [1.807, 2.05) is 4.90 Å². The summed E-state index contributed by atoms with van der Waals surface area (Å²) >= 11 is 5.84. The van der Waals surface area contributed by atoms with Crippen LogP contribution in [0.25, 0.3) is 0 Å². The van der Waals surface area contributed by atoms with Crippen LogP contribution in [0.3, 0.4) is 0 Å². The highest BCUT2D eigenvalue weighted by Crippen LogP contribution is 2.18. The Balaban J connectivity index is 2.25. The summed E-state index contributed by atoms with van der Waals surface area (Å²) in [6.45, 7) is 3.99. The normalized spacial score (nSPS) is 21.7. The number of likely N-dealkylation sites (tertiary alicyclic amines) is 1. The zero-order chi connectivity index (χ0) is 11.1. The maximum Gasteiger partial charge on any atom is 0.222 e. The maximum absolute atomic E-state index is 11.8. The molecule has 0 aromatic rings. The molecular formula is C12H22ClNO. The molecule has 1 fully saturated rings. The third kappa shape index (κ3) is 4.42. The number of alkyl halides is 1. The molecule has 88 valence electrons. The average molecular weight is 232 g/mol. The summed E-state index contributed by atoms with van der Waals surface area (Å²) in [6, 6.07) is 0. The molecule has 1 aliphatic heterocycles. The molecule has 15 heavy (non-hydrogen) atoms. The van der Waals surface area contributed by atoms with E-state index in [0.29, 0.717) is 17.7 Å². The predicted molar refractivity (Wildman–Crippen MR) is 64.2 cm³/mol. The van der Waals surface area contributed by atoms with Crippen LogP contribution in [0.15, 0.2) is 0 Å². The van der Waals surface area contributed by atoms with Crippen LogP contribution in [0.1, 0.15) is 45.4 Å². The number of nitrogens with zero attached hydrogens (tertiary/aromatic N) is 1. The number of piperidine rings is 1. The SMILES string of the molecule is CCCCCC(=O)N1CCCC(CCl)C1. The molecule has 2 nitrogen and oxygen atoms in total. The van der Waals surface area contributed by atoms with Crippen molar-refractivity contribution < 1.29 is 4.79 Å². The molecule has 1 aliphatic rings. The third-order valence-corrected chi connectivity index (χ3v) is 3.52. The maximum atomic E-state index is 11.8. The lowest BCUT2D eigenvalue weighted by Gasteiger charge is -2.31. The zero-order valence-corrected chi connectivity index (χ0v) is 10.4. The fraction of sp³-hybridized carbons (Fsp3) is 0.917. The lowest BCUT2D eigenvalue weighted by atomic mass is 9.99. The van der Waals surface area contributed by atoms with Crippen LogP contribution < -0.4 is 0 Å². The van der Waals surface area contributed by atoms with Crippen LogP contribution in [0.2, 0.25) is 0 Å². The summed E-state index contributed by atoms with van der Waals surface area (Å²) < 4.78 is 0. The topological polar surface area (TPSA) is 20.3 Å². The van der Waals surface area contributed by atoms with Gasteiger partial charge in [0.15, 0.2) is 0 Å². The van der Waals surface area contributed by atoms with Crippen molar-refractivity contribution in [3.63, 3.8) is 0 Å². The first kappa shape index (κ1) is 12.8. The summed E-state index contributed by atoms with van der Waals surface area (Å²) in [7, 11) is 0. The van der Waals surface area contributed by atoms with Gasteiger partial charge in [0, 0.05) is 25.4 Å². The molecule has 0 aliphatic carbocycles. The van der Waals surface area contributed by atoms with Gasteiger partial charge in [-0.2, -0.15) is 0 Å². The van der Waals surface area contributed by atoms with E-state index in [1.165, 1.54) is 19.3 Å². The minimum absolute atomic E-state index is 0.332. The van der Waals surface area contributed by atoms with E-state index in [9.17, 15) is 4.79 Å². The van der Waals surface area contributed by atoms with Crippen molar-refractivity contribution in [2.45, 2.75) is 45.4 Å². The third-order valence-electron chi connectivity index (χ3n) is 3.08. The first-order valence-electron chi connectivity index (χ1n) is 6.11. The number of halogens is 1. The van der Waals surface area contributed by atoms with E-state index in [-0.39, 0.29) is 0 Å². The van der Waals surface area contributed by atoms with Gasteiger partial charge in [-0.25, -0.2) is 0 Å². The number of hydrogen-bond acceptors (Lipinski definition) is 1. The molecule has 1 heterocycles. The van der Waals surface area contributed by atoms with Gasteiger partial charge < -0.3 is 4.90 Å². The first-order chi connectivity index (χ1) is 7.27. The van der Waals surface area contributed by atoms with E-state index in [1.54, 1.807) is 0 Å². The largest absolute Gasteiger partial charge is 0.342 e. The molecular weight excluding hydrogens is 210 g/mol. The van der Waals surface area contributed by atoms with Crippen LogP contribution in [-0.4, -0.2) is 29.8 Å². The van der Waals surface area contributed by atoms with Crippen molar-refractivity contribution in [1.82, 2.24) is 4.90 Å². The highest BCUT2D eigenvalue weighted by atomic mass is 35.5. The second-order valence-corrected chi connectivity index (χ2v) is 4.77. The Labute approximate surface area is 98.0 Å². The van der Waals surface area contributed by atoms with Gasteiger partial charge in [0.1, 0.15) is 0 Å². The van der Waals surface area contributed by atoms with Crippen molar-refractivity contribution in [2.24, 2.45) is 5.92 Å². The average Bonchev–Trinajstić information content (AvgIpc) is 2.29. The summed E-state index contributed by atoms with van der Waals surface area (Å²) in [5.74, 6) is 1.55. The zero-order valence-electron chi connectivity index (χ0n) is 9.67. The lowest BCUT2D eigenvalue weighted by Crippen LogP contribution is -2.40. The molecule has 0 N–H and O–H groups in total. The first-order valence-corrected chi connectivity index (χ1v) is 6.65. The number of hydrogen-bond donors (Lipinski definition) is 0. The Hall–Kier alpha value is -0.240. The van der Waals surface area contributed by atoms with Gasteiger partial charge in [0.2, 0.25) is 5.91 Å². The molecule has 1 rings (SSSR count). The van der Waals surface area contributed by atoms with Crippen molar-refractivity contribution in [1.29, 1.82) is 0 Å². The van der Waals surface area contributed by atoms with Crippen molar-refractivity contribution in [3.05, 3.63) is 0 Å². The molecule has 0 aromatic heterocycles. The van der Waals surface area contributed by atoms with Gasteiger partial charge in [-0.15, -0.1) is 11.6 Å². The fourth-order valence-corrected chi connectivity index (χ4v) is 2.35. The smallest absolute Gasteiger partial charge is 0.222 e. The standard InChI is InChI=1S/C12H22ClNO/c1-2-3-4-7-12(15)14-8-5-6-11(9-13)10-14/h11H,2-10H2,1H3. The molecule has 1 amide bonds. The van der Waals surface area contributed by atoms with Gasteiger partial charge in [-0.1, -0.05) is 19.8 Å². The predicted octanol–water partition coefficient (Wildman–Crippen LogP) is 3.04. The number of unbranched alkanes of at least 4 members (excludes halogenated alkanes) is 2. The van der Waals surface area contributed by atoms with E-state index < -0.39 is 0 Å². The van der Waals surface area contributed by atoms with Crippen molar-refractivity contribution in [2.75, 3.05) is 19.0 Å². The van der Waals surface area contributed by atoms with Crippen LogP contribution in [0.5, 0.6) is 0 Å². The van der Waals surface area contributed by atoms with E-state index in [4.69, 9.17) is 11.6 Å². The minimum Gasteiger partial charge on any atom is -0.342 e. The Kier molecular flexibility index (Phi) is 6.07. The number of rotatable bonds is 5. The molecule has 1 saturated heterocycles. The molecule has 0 aromatic carbocycles. The number of carbonyl (C=O) groups excluding carboxylic acids is 1. The van der Waals surface area contributed by atoms with Crippen molar-refractivity contribution in [3.8, 4) is 0 Å². The molecule has 0 spiro atoms.